The quantitative estimate of drug-likeness (QED) is 0.178. The van der Waals surface area contributed by atoms with Crippen LogP contribution in [0.5, 0.6) is 0 Å². The molecule has 1 heteroatoms. The Labute approximate surface area is 284 Å². The summed E-state index contributed by atoms with van der Waals surface area (Å²) in [6, 6.07) is 65.9. The molecule has 10 rings (SSSR count). The number of hydrogen-bond acceptors (Lipinski definition) is 1. The Morgan fingerprint density at radius 3 is 1.51 bits per heavy atom. The summed E-state index contributed by atoms with van der Waals surface area (Å²) < 4.78 is 6.09. The van der Waals surface area contributed by atoms with Gasteiger partial charge in [0.2, 0.25) is 0 Å². The van der Waals surface area contributed by atoms with Crippen LogP contribution in [0.4, 0.5) is 0 Å². The Morgan fingerprint density at radius 2 is 0.776 bits per heavy atom. The highest BCUT2D eigenvalue weighted by atomic mass is 16.3. The molecule has 0 amide bonds. The number of rotatable bonds is 4. The lowest BCUT2D eigenvalue weighted by Gasteiger charge is -2.18. The van der Waals surface area contributed by atoms with E-state index in [0.717, 1.165) is 21.9 Å². The van der Waals surface area contributed by atoms with Crippen molar-refractivity contribution in [1.29, 1.82) is 0 Å². The van der Waals surface area contributed by atoms with Crippen LogP contribution in [-0.4, -0.2) is 0 Å². The van der Waals surface area contributed by atoms with E-state index in [9.17, 15) is 0 Å². The van der Waals surface area contributed by atoms with Crippen LogP contribution < -0.4 is 0 Å². The zero-order chi connectivity index (χ0) is 32.3. The van der Waals surface area contributed by atoms with Crippen LogP contribution in [0.1, 0.15) is 0 Å². The third kappa shape index (κ3) is 4.47. The van der Waals surface area contributed by atoms with E-state index in [4.69, 9.17) is 4.42 Å². The summed E-state index contributed by atoms with van der Waals surface area (Å²) in [7, 11) is 0. The van der Waals surface area contributed by atoms with E-state index in [2.05, 4.69) is 170 Å². The van der Waals surface area contributed by atoms with E-state index in [-0.39, 0.29) is 0 Å². The molecule has 0 spiro atoms. The Bertz CT molecular complexity index is 2810. The van der Waals surface area contributed by atoms with Gasteiger partial charge in [-0.2, -0.15) is 0 Å². The average Bonchev–Trinajstić information content (AvgIpc) is 3.55. The van der Waals surface area contributed by atoms with Crippen molar-refractivity contribution in [2.75, 3.05) is 0 Å². The first kappa shape index (κ1) is 27.7. The fraction of sp³-hybridized carbons (Fsp3) is 0. The van der Waals surface area contributed by atoms with Gasteiger partial charge in [0, 0.05) is 10.8 Å². The minimum absolute atomic E-state index is 0.919. The molecule has 0 aliphatic carbocycles. The summed E-state index contributed by atoms with van der Waals surface area (Å²) in [4.78, 5) is 0. The number of para-hydroxylation sites is 1. The summed E-state index contributed by atoms with van der Waals surface area (Å²) in [5, 5.41) is 9.85. The molecule has 0 saturated heterocycles. The van der Waals surface area contributed by atoms with Crippen LogP contribution in [0.3, 0.4) is 0 Å². The molecular weight excluding hydrogens is 593 g/mol. The van der Waals surface area contributed by atoms with Crippen LogP contribution in [0.25, 0.3) is 98.8 Å². The van der Waals surface area contributed by atoms with Crippen LogP contribution >= 0.6 is 0 Å². The number of benzene rings is 9. The molecule has 1 heterocycles. The second-order valence-electron chi connectivity index (χ2n) is 12.8. The lowest BCUT2D eigenvalue weighted by Crippen LogP contribution is -1.91. The maximum Gasteiger partial charge on any atom is 0.135 e. The van der Waals surface area contributed by atoms with Crippen LogP contribution in [-0.2, 0) is 0 Å². The second kappa shape index (κ2) is 11.1. The van der Waals surface area contributed by atoms with Crippen molar-refractivity contribution < 1.29 is 4.42 Å². The fourth-order valence-corrected chi connectivity index (χ4v) is 7.80. The van der Waals surface area contributed by atoms with Gasteiger partial charge >= 0.3 is 0 Å². The van der Waals surface area contributed by atoms with Gasteiger partial charge in [0.1, 0.15) is 11.2 Å². The van der Waals surface area contributed by atoms with Crippen molar-refractivity contribution >= 4 is 54.3 Å². The fourth-order valence-electron chi connectivity index (χ4n) is 7.80. The predicted molar refractivity (Wildman–Crippen MR) is 208 cm³/mol. The zero-order valence-corrected chi connectivity index (χ0v) is 26.7. The Balaban J connectivity index is 1.13. The SMILES string of the molecule is c1cc(-c2cccc3ccccc23)cc(-c2c3ccccc3c(-c3ccc(-c4ccc5oc6ccccc6c5c4)cc3)c3ccccc23)c1. The van der Waals surface area contributed by atoms with Gasteiger partial charge in [0.05, 0.1) is 0 Å². The zero-order valence-electron chi connectivity index (χ0n) is 26.7. The van der Waals surface area contributed by atoms with Crippen LogP contribution in [0, 0.1) is 0 Å². The van der Waals surface area contributed by atoms with Gasteiger partial charge in [0.15, 0.2) is 0 Å². The minimum Gasteiger partial charge on any atom is -0.456 e. The standard InChI is InChI=1S/C48H30O/c1-2-15-37-32(11-1)12-10-21-38(37)35-13-9-14-36(29-35)48-42-19-5-3-17-40(42)47(41-18-4-6-20-43(41)48)33-25-23-31(24-26-33)34-27-28-46-44(30-34)39-16-7-8-22-45(39)49-46/h1-30H. The molecule has 1 aromatic heterocycles. The van der Waals surface area contributed by atoms with Crippen LogP contribution in [0.15, 0.2) is 186 Å². The van der Waals surface area contributed by atoms with Crippen molar-refractivity contribution in [3.05, 3.63) is 182 Å². The molecular formula is C48H30O. The molecule has 0 aliphatic rings. The number of fused-ring (bicyclic) bond motifs is 6. The molecule has 0 unspecified atom stereocenters. The van der Waals surface area contributed by atoms with E-state index >= 15 is 0 Å². The third-order valence-corrected chi connectivity index (χ3v) is 10.1. The monoisotopic (exact) mass is 622 g/mol. The summed E-state index contributed by atoms with van der Waals surface area (Å²) >= 11 is 0. The second-order valence-corrected chi connectivity index (χ2v) is 12.8. The van der Waals surface area contributed by atoms with E-state index in [1.165, 1.54) is 76.8 Å². The molecule has 0 N–H and O–H groups in total. The highest BCUT2D eigenvalue weighted by molar-refractivity contribution is 6.21. The van der Waals surface area contributed by atoms with Gasteiger partial charge in [-0.05, 0) is 101 Å². The van der Waals surface area contributed by atoms with E-state index in [1.807, 2.05) is 12.1 Å². The summed E-state index contributed by atoms with van der Waals surface area (Å²) in [5.41, 5.74) is 11.7. The topological polar surface area (TPSA) is 13.1 Å². The normalized spacial score (nSPS) is 11.7. The predicted octanol–water partition coefficient (Wildman–Crippen LogP) is 13.7. The lowest BCUT2D eigenvalue weighted by atomic mass is 9.85. The number of hydrogen-bond donors (Lipinski definition) is 0. The molecule has 1 nitrogen and oxygen atoms in total. The van der Waals surface area contributed by atoms with Gasteiger partial charge in [-0.25, -0.2) is 0 Å². The van der Waals surface area contributed by atoms with Gasteiger partial charge in [0.25, 0.3) is 0 Å². The van der Waals surface area contributed by atoms with E-state index in [1.54, 1.807) is 0 Å². The molecule has 0 aliphatic heterocycles. The Kier molecular flexibility index (Phi) is 6.25. The maximum absolute atomic E-state index is 6.09. The molecule has 9 aromatic carbocycles. The highest BCUT2D eigenvalue weighted by Gasteiger charge is 2.17. The maximum atomic E-state index is 6.09. The van der Waals surface area contributed by atoms with Gasteiger partial charge in [-0.15, -0.1) is 0 Å². The molecule has 10 aromatic rings. The van der Waals surface area contributed by atoms with Gasteiger partial charge in [-0.3, -0.25) is 0 Å². The van der Waals surface area contributed by atoms with Crippen molar-refractivity contribution in [1.82, 2.24) is 0 Å². The van der Waals surface area contributed by atoms with E-state index in [0.29, 0.717) is 0 Å². The molecule has 0 bridgehead atoms. The van der Waals surface area contributed by atoms with Crippen molar-refractivity contribution in [2.45, 2.75) is 0 Å². The molecule has 0 radical (unpaired) electrons. The van der Waals surface area contributed by atoms with Crippen molar-refractivity contribution in [3.8, 4) is 44.5 Å². The summed E-state index contributed by atoms with van der Waals surface area (Å²) in [6.07, 6.45) is 0. The third-order valence-electron chi connectivity index (χ3n) is 10.1. The van der Waals surface area contributed by atoms with E-state index < -0.39 is 0 Å². The van der Waals surface area contributed by atoms with Crippen molar-refractivity contribution in [3.63, 3.8) is 0 Å². The van der Waals surface area contributed by atoms with Crippen LogP contribution in [0.2, 0.25) is 0 Å². The summed E-state index contributed by atoms with van der Waals surface area (Å²) in [5.74, 6) is 0. The van der Waals surface area contributed by atoms with Gasteiger partial charge < -0.3 is 4.42 Å². The smallest absolute Gasteiger partial charge is 0.135 e. The molecule has 228 valence electrons. The first-order valence-corrected chi connectivity index (χ1v) is 16.8. The minimum atomic E-state index is 0.919. The number of furan rings is 1. The largest absolute Gasteiger partial charge is 0.456 e. The Hall–Kier alpha value is -6.44. The van der Waals surface area contributed by atoms with Gasteiger partial charge in [-0.1, -0.05) is 158 Å². The lowest BCUT2D eigenvalue weighted by molar-refractivity contribution is 0.669. The molecule has 49 heavy (non-hydrogen) atoms. The summed E-state index contributed by atoms with van der Waals surface area (Å²) in [6.45, 7) is 0. The first-order valence-electron chi connectivity index (χ1n) is 16.8. The average molecular weight is 623 g/mol. The van der Waals surface area contributed by atoms with Crippen molar-refractivity contribution in [2.24, 2.45) is 0 Å². The highest BCUT2D eigenvalue weighted by Crippen LogP contribution is 2.45. The molecule has 0 fully saturated rings. The molecule has 0 atom stereocenters. The Morgan fingerprint density at radius 1 is 0.265 bits per heavy atom. The first-order chi connectivity index (χ1) is 24.3. The molecule has 0 saturated carbocycles.